The summed E-state index contributed by atoms with van der Waals surface area (Å²) in [5, 5.41) is 10.3. The first kappa shape index (κ1) is 9.98. The van der Waals surface area contributed by atoms with Crippen LogP contribution in [0.4, 0.5) is 10.7 Å². The Bertz CT molecular complexity index is 448. The Hall–Kier alpha value is -1.21. The highest BCUT2D eigenvalue weighted by molar-refractivity contribution is 7.17. The van der Waals surface area contributed by atoms with Crippen molar-refractivity contribution in [3.8, 4) is 6.07 Å². The molecule has 16 heavy (non-hydrogen) atoms. The minimum absolute atomic E-state index is 0.633. The Labute approximate surface area is 99.5 Å². The molecule has 1 aromatic rings. The van der Waals surface area contributed by atoms with Crippen LogP contribution in [0.5, 0.6) is 0 Å². The molecular formula is C12H15N3S. The Morgan fingerprint density at radius 3 is 2.56 bits per heavy atom. The van der Waals surface area contributed by atoms with Gasteiger partial charge in [0, 0.05) is 18.7 Å². The van der Waals surface area contributed by atoms with Crippen LogP contribution in [0.2, 0.25) is 0 Å². The van der Waals surface area contributed by atoms with Crippen LogP contribution in [0.1, 0.15) is 42.0 Å². The smallest absolute Gasteiger partial charge is 0.130 e. The second-order valence-electron chi connectivity index (χ2n) is 4.64. The summed E-state index contributed by atoms with van der Waals surface area (Å²) < 4.78 is 0. The SMILES string of the molecule is N#Cc1sc(N2CCCC2)c(C2CC2)c1N. The summed E-state index contributed by atoms with van der Waals surface area (Å²) in [5.74, 6) is 0.633. The largest absolute Gasteiger partial charge is 0.397 e. The number of hydrogen-bond donors (Lipinski definition) is 1. The van der Waals surface area contributed by atoms with Crippen LogP contribution in [0.15, 0.2) is 0 Å². The van der Waals surface area contributed by atoms with E-state index in [-0.39, 0.29) is 0 Å². The van der Waals surface area contributed by atoms with E-state index in [1.165, 1.54) is 36.2 Å². The van der Waals surface area contributed by atoms with Crippen molar-refractivity contribution in [2.24, 2.45) is 0 Å². The monoisotopic (exact) mass is 233 g/mol. The zero-order chi connectivity index (χ0) is 11.1. The lowest BCUT2D eigenvalue weighted by Crippen LogP contribution is -2.17. The van der Waals surface area contributed by atoms with Gasteiger partial charge >= 0.3 is 0 Å². The average Bonchev–Trinajstić information content (AvgIpc) is 2.87. The second kappa shape index (κ2) is 3.67. The standard InChI is InChI=1S/C12H15N3S/c13-7-9-11(14)10(8-3-4-8)12(16-9)15-5-1-2-6-15/h8H,1-6,14H2. The maximum atomic E-state index is 9.06. The number of anilines is 2. The lowest BCUT2D eigenvalue weighted by atomic mass is 10.1. The zero-order valence-electron chi connectivity index (χ0n) is 9.20. The van der Waals surface area contributed by atoms with Gasteiger partial charge in [0.1, 0.15) is 10.9 Å². The van der Waals surface area contributed by atoms with Crippen molar-refractivity contribution in [2.75, 3.05) is 23.7 Å². The van der Waals surface area contributed by atoms with Gasteiger partial charge in [-0.15, -0.1) is 11.3 Å². The van der Waals surface area contributed by atoms with Crippen molar-refractivity contribution in [3.05, 3.63) is 10.4 Å². The molecule has 2 fully saturated rings. The summed E-state index contributed by atoms with van der Waals surface area (Å²) >= 11 is 1.59. The van der Waals surface area contributed by atoms with Gasteiger partial charge in [-0.05, 0) is 31.6 Å². The van der Waals surface area contributed by atoms with Crippen LogP contribution in [0.3, 0.4) is 0 Å². The molecule has 2 aliphatic rings. The number of rotatable bonds is 2. The number of nitrogens with zero attached hydrogens (tertiary/aromatic N) is 2. The first-order valence-corrected chi connectivity index (χ1v) is 6.70. The molecule has 3 rings (SSSR count). The van der Waals surface area contributed by atoms with Crippen molar-refractivity contribution >= 4 is 22.0 Å². The molecule has 3 nitrogen and oxygen atoms in total. The Kier molecular flexibility index (Phi) is 2.29. The van der Waals surface area contributed by atoms with E-state index in [0.717, 1.165) is 18.8 Å². The third-order valence-corrected chi connectivity index (χ3v) is 4.63. The number of hydrogen-bond acceptors (Lipinski definition) is 4. The summed E-state index contributed by atoms with van der Waals surface area (Å²) in [5.41, 5.74) is 8.13. The fourth-order valence-corrected chi connectivity index (χ4v) is 3.61. The van der Waals surface area contributed by atoms with Gasteiger partial charge in [-0.1, -0.05) is 0 Å². The molecular weight excluding hydrogens is 218 g/mol. The molecule has 4 heteroatoms. The lowest BCUT2D eigenvalue weighted by Gasteiger charge is -2.17. The van der Waals surface area contributed by atoms with Crippen LogP contribution in [-0.2, 0) is 0 Å². The molecule has 0 unspecified atom stereocenters. The van der Waals surface area contributed by atoms with Crippen molar-refractivity contribution in [1.82, 2.24) is 0 Å². The first-order chi connectivity index (χ1) is 7.81. The molecule has 1 saturated heterocycles. The van der Waals surface area contributed by atoms with E-state index in [4.69, 9.17) is 11.0 Å². The fourth-order valence-electron chi connectivity index (χ4n) is 2.45. The van der Waals surface area contributed by atoms with Gasteiger partial charge in [0.2, 0.25) is 0 Å². The highest BCUT2D eigenvalue weighted by atomic mass is 32.1. The quantitative estimate of drug-likeness (QED) is 0.854. The van der Waals surface area contributed by atoms with Crippen molar-refractivity contribution in [3.63, 3.8) is 0 Å². The topological polar surface area (TPSA) is 53.0 Å². The van der Waals surface area contributed by atoms with E-state index in [1.54, 1.807) is 11.3 Å². The third-order valence-electron chi connectivity index (χ3n) is 3.44. The second-order valence-corrected chi connectivity index (χ2v) is 5.64. The Balaban J connectivity index is 2.05. The summed E-state index contributed by atoms with van der Waals surface area (Å²) in [4.78, 5) is 3.12. The maximum Gasteiger partial charge on any atom is 0.130 e. The summed E-state index contributed by atoms with van der Waals surface area (Å²) in [6, 6.07) is 2.23. The van der Waals surface area contributed by atoms with Crippen LogP contribution >= 0.6 is 11.3 Å². The van der Waals surface area contributed by atoms with Crippen LogP contribution in [0.25, 0.3) is 0 Å². The molecule has 2 N–H and O–H groups in total. The van der Waals surface area contributed by atoms with Gasteiger partial charge in [0.25, 0.3) is 0 Å². The highest BCUT2D eigenvalue weighted by Gasteiger charge is 2.33. The number of nitriles is 1. The van der Waals surface area contributed by atoms with Gasteiger partial charge in [-0.3, -0.25) is 0 Å². The van der Waals surface area contributed by atoms with Crippen LogP contribution in [0, 0.1) is 11.3 Å². The predicted octanol–water partition coefficient (Wildman–Crippen LogP) is 2.68. The van der Waals surface area contributed by atoms with E-state index in [0.29, 0.717) is 10.8 Å². The first-order valence-electron chi connectivity index (χ1n) is 5.88. The van der Waals surface area contributed by atoms with E-state index >= 15 is 0 Å². The van der Waals surface area contributed by atoms with Crippen molar-refractivity contribution in [1.29, 1.82) is 5.26 Å². The van der Waals surface area contributed by atoms with Gasteiger partial charge in [-0.25, -0.2) is 0 Å². The zero-order valence-corrected chi connectivity index (χ0v) is 10.0. The molecule has 0 amide bonds. The molecule has 0 radical (unpaired) electrons. The lowest BCUT2D eigenvalue weighted by molar-refractivity contribution is 0.949. The van der Waals surface area contributed by atoms with Gasteiger partial charge in [0.05, 0.1) is 10.7 Å². The van der Waals surface area contributed by atoms with E-state index in [9.17, 15) is 0 Å². The van der Waals surface area contributed by atoms with Gasteiger partial charge in [-0.2, -0.15) is 5.26 Å². The minimum atomic E-state index is 0.633. The predicted molar refractivity (Wildman–Crippen MR) is 66.9 cm³/mol. The molecule has 0 spiro atoms. The highest BCUT2D eigenvalue weighted by Crippen LogP contribution is 2.52. The third kappa shape index (κ3) is 1.47. The molecule has 0 atom stereocenters. The van der Waals surface area contributed by atoms with E-state index in [2.05, 4.69) is 11.0 Å². The molecule has 1 saturated carbocycles. The van der Waals surface area contributed by atoms with E-state index < -0.39 is 0 Å². The minimum Gasteiger partial charge on any atom is -0.397 e. The number of nitrogen functional groups attached to an aromatic ring is 1. The molecule has 84 valence electrons. The number of nitrogens with two attached hydrogens (primary N) is 1. The normalized spacial score (nSPS) is 20.1. The fraction of sp³-hybridized carbons (Fsp3) is 0.583. The van der Waals surface area contributed by atoms with Crippen LogP contribution in [-0.4, -0.2) is 13.1 Å². The molecule has 0 aromatic carbocycles. The summed E-state index contributed by atoms with van der Waals surface area (Å²) in [6.07, 6.45) is 5.02. The molecule has 1 aromatic heterocycles. The summed E-state index contributed by atoms with van der Waals surface area (Å²) in [6.45, 7) is 2.26. The molecule has 1 aliphatic carbocycles. The van der Waals surface area contributed by atoms with E-state index in [1.807, 2.05) is 0 Å². The molecule has 1 aliphatic heterocycles. The van der Waals surface area contributed by atoms with Crippen molar-refractivity contribution in [2.45, 2.75) is 31.6 Å². The Morgan fingerprint density at radius 2 is 2.00 bits per heavy atom. The van der Waals surface area contributed by atoms with Gasteiger partial charge in [0.15, 0.2) is 0 Å². The molecule has 2 heterocycles. The van der Waals surface area contributed by atoms with Crippen LogP contribution < -0.4 is 10.6 Å². The maximum absolute atomic E-state index is 9.06. The number of thiophene rings is 1. The van der Waals surface area contributed by atoms with Gasteiger partial charge < -0.3 is 10.6 Å². The molecule has 0 bridgehead atoms. The Morgan fingerprint density at radius 1 is 1.31 bits per heavy atom. The average molecular weight is 233 g/mol. The summed E-state index contributed by atoms with van der Waals surface area (Å²) in [7, 11) is 0. The van der Waals surface area contributed by atoms with Crippen molar-refractivity contribution < 1.29 is 0 Å².